The van der Waals surface area contributed by atoms with Crippen LogP contribution < -0.4 is 0 Å². The van der Waals surface area contributed by atoms with E-state index in [1.165, 1.54) is 6.07 Å². The molecule has 1 saturated heterocycles. The number of nitriles is 1. The molecule has 20 heavy (non-hydrogen) atoms. The van der Waals surface area contributed by atoms with Crippen LogP contribution in [0, 0.1) is 17.1 Å². The van der Waals surface area contributed by atoms with Crippen LogP contribution in [0.1, 0.15) is 36.4 Å². The fraction of sp³-hybridized carbons (Fsp3) is 0.500. The van der Waals surface area contributed by atoms with Gasteiger partial charge in [-0.25, -0.2) is 4.39 Å². The Bertz CT molecular complexity index is 513. The molecule has 0 amide bonds. The summed E-state index contributed by atoms with van der Waals surface area (Å²) in [5.41, 5.74) is -1.12. The van der Waals surface area contributed by atoms with Crippen LogP contribution in [-0.2, 0) is 6.18 Å². The van der Waals surface area contributed by atoms with Crippen LogP contribution in [0.3, 0.4) is 0 Å². The predicted octanol–water partition coefficient (Wildman–Crippen LogP) is 3.90. The summed E-state index contributed by atoms with van der Waals surface area (Å²) in [4.78, 5) is 1.84. The summed E-state index contributed by atoms with van der Waals surface area (Å²) in [7, 11) is 0. The molecule has 2 nitrogen and oxygen atoms in total. The summed E-state index contributed by atoms with van der Waals surface area (Å²) in [6.07, 6.45) is -1.84. The zero-order valence-electron chi connectivity index (χ0n) is 10.8. The van der Waals surface area contributed by atoms with Gasteiger partial charge in [0.05, 0.1) is 11.6 Å². The summed E-state index contributed by atoms with van der Waals surface area (Å²) in [6.45, 7) is 1.36. The zero-order chi connectivity index (χ0) is 14.8. The predicted molar refractivity (Wildman–Crippen MR) is 65.2 cm³/mol. The summed E-state index contributed by atoms with van der Waals surface area (Å²) in [6, 6.07) is 4.06. The Balaban J connectivity index is 2.33. The highest BCUT2D eigenvalue weighted by molar-refractivity contribution is 5.32. The Kier molecular flexibility index (Phi) is 4.29. The lowest BCUT2D eigenvalue weighted by molar-refractivity contribution is -0.140. The first kappa shape index (κ1) is 14.8. The third kappa shape index (κ3) is 3.10. The minimum atomic E-state index is -4.75. The highest BCUT2D eigenvalue weighted by Crippen LogP contribution is 2.34. The van der Waals surface area contributed by atoms with Gasteiger partial charge in [-0.2, -0.15) is 18.4 Å². The van der Waals surface area contributed by atoms with Crippen molar-refractivity contribution in [1.29, 1.82) is 5.26 Å². The molecule has 108 valence electrons. The number of hydrogen-bond acceptors (Lipinski definition) is 2. The molecule has 1 aliphatic heterocycles. The fourth-order valence-electron chi connectivity index (χ4n) is 2.47. The molecule has 0 saturated carbocycles. The van der Waals surface area contributed by atoms with Crippen LogP contribution in [0.15, 0.2) is 18.2 Å². The lowest BCUT2D eigenvalue weighted by Gasteiger charge is -2.31. The normalized spacial score (nSPS) is 18.6. The molecule has 1 heterocycles. The number of hydrogen-bond donors (Lipinski definition) is 0. The van der Waals surface area contributed by atoms with E-state index in [0.717, 1.165) is 31.4 Å². The number of piperidine rings is 1. The Morgan fingerprint density at radius 1 is 1.15 bits per heavy atom. The van der Waals surface area contributed by atoms with E-state index in [-0.39, 0.29) is 5.56 Å². The Labute approximate surface area is 114 Å². The van der Waals surface area contributed by atoms with Gasteiger partial charge in [-0.1, -0.05) is 12.5 Å². The Hall–Kier alpha value is -1.61. The average molecular weight is 286 g/mol. The first-order valence-corrected chi connectivity index (χ1v) is 6.44. The van der Waals surface area contributed by atoms with Crippen molar-refractivity contribution in [1.82, 2.24) is 4.90 Å². The van der Waals surface area contributed by atoms with Gasteiger partial charge in [0, 0.05) is 0 Å². The van der Waals surface area contributed by atoms with E-state index in [1.807, 2.05) is 11.0 Å². The summed E-state index contributed by atoms with van der Waals surface area (Å²) >= 11 is 0. The Morgan fingerprint density at radius 3 is 2.35 bits per heavy atom. The standard InChI is InChI=1S/C14H14F4N2/c15-12-5-4-10(8-11(12)14(16,17)18)13(9-19)20-6-2-1-3-7-20/h4-5,8,13H,1-3,6-7H2. The SMILES string of the molecule is N#CC(c1ccc(F)c(C(F)(F)F)c1)N1CCCCC1. The second-order valence-electron chi connectivity index (χ2n) is 4.87. The van der Waals surface area contributed by atoms with E-state index in [2.05, 4.69) is 0 Å². The lowest BCUT2D eigenvalue weighted by atomic mass is 10.0. The van der Waals surface area contributed by atoms with Crippen molar-refractivity contribution in [3.63, 3.8) is 0 Å². The largest absolute Gasteiger partial charge is 0.419 e. The van der Waals surface area contributed by atoms with Crippen LogP contribution in [0.25, 0.3) is 0 Å². The maximum Gasteiger partial charge on any atom is 0.419 e. The molecule has 0 aromatic heterocycles. The molecule has 1 aromatic rings. The van der Waals surface area contributed by atoms with Gasteiger partial charge in [0.15, 0.2) is 0 Å². The van der Waals surface area contributed by atoms with Crippen LogP contribution in [0.4, 0.5) is 17.6 Å². The number of halogens is 4. The van der Waals surface area contributed by atoms with E-state index in [4.69, 9.17) is 0 Å². The third-order valence-corrected chi connectivity index (χ3v) is 3.49. The summed E-state index contributed by atoms with van der Waals surface area (Å²) in [5.74, 6) is -1.31. The van der Waals surface area contributed by atoms with E-state index < -0.39 is 23.6 Å². The number of rotatable bonds is 2. The van der Waals surface area contributed by atoms with Gasteiger partial charge < -0.3 is 0 Å². The lowest BCUT2D eigenvalue weighted by Crippen LogP contribution is -2.33. The minimum Gasteiger partial charge on any atom is -0.284 e. The topological polar surface area (TPSA) is 27.0 Å². The molecule has 1 aliphatic rings. The second-order valence-corrected chi connectivity index (χ2v) is 4.87. The van der Waals surface area contributed by atoms with Crippen LogP contribution in [-0.4, -0.2) is 18.0 Å². The fourth-order valence-corrected chi connectivity index (χ4v) is 2.47. The van der Waals surface area contributed by atoms with Crippen molar-refractivity contribution < 1.29 is 17.6 Å². The molecule has 0 N–H and O–H groups in total. The number of alkyl halides is 3. The van der Waals surface area contributed by atoms with E-state index in [1.54, 1.807) is 0 Å². The molecule has 0 spiro atoms. The highest BCUT2D eigenvalue weighted by atomic mass is 19.4. The van der Waals surface area contributed by atoms with Gasteiger partial charge in [0.1, 0.15) is 11.9 Å². The molecule has 1 fully saturated rings. The summed E-state index contributed by atoms with van der Waals surface area (Å²) in [5, 5.41) is 9.23. The van der Waals surface area contributed by atoms with Gasteiger partial charge in [0.25, 0.3) is 0 Å². The van der Waals surface area contributed by atoms with Crippen molar-refractivity contribution in [3.05, 3.63) is 35.1 Å². The molecule has 0 aliphatic carbocycles. The average Bonchev–Trinajstić information content (AvgIpc) is 2.41. The highest BCUT2D eigenvalue weighted by Gasteiger charge is 2.35. The molecular weight excluding hydrogens is 272 g/mol. The first-order valence-electron chi connectivity index (χ1n) is 6.44. The van der Waals surface area contributed by atoms with E-state index in [9.17, 15) is 22.8 Å². The molecule has 1 aromatic carbocycles. The van der Waals surface area contributed by atoms with E-state index in [0.29, 0.717) is 13.1 Å². The molecular formula is C14H14F4N2. The quantitative estimate of drug-likeness (QED) is 0.771. The van der Waals surface area contributed by atoms with Crippen molar-refractivity contribution in [2.75, 3.05) is 13.1 Å². The van der Waals surface area contributed by atoms with Crippen molar-refractivity contribution in [3.8, 4) is 6.07 Å². The zero-order valence-corrected chi connectivity index (χ0v) is 10.8. The number of benzene rings is 1. The monoisotopic (exact) mass is 286 g/mol. The first-order chi connectivity index (χ1) is 9.43. The number of likely N-dealkylation sites (tertiary alicyclic amines) is 1. The van der Waals surface area contributed by atoms with Gasteiger partial charge in [-0.15, -0.1) is 0 Å². The van der Waals surface area contributed by atoms with Crippen molar-refractivity contribution >= 4 is 0 Å². The maximum absolute atomic E-state index is 13.3. The molecule has 1 unspecified atom stereocenters. The van der Waals surface area contributed by atoms with Gasteiger partial charge in [-0.05, 0) is 43.6 Å². The molecule has 2 rings (SSSR count). The maximum atomic E-state index is 13.3. The van der Waals surface area contributed by atoms with Crippen LogP contribution in [0.2, 0.25) is 0 Å². The minimum absolute atomic E-state index is 0.197. The molecule has 0 bridgehead atoms. The van der Waals surface area contributed by atoms with E-state index >= 15 is 0 Å². The van der Waals surface area contributed by atoms with Crippen molar-refractivity contribution in [2.45, 2.75) is 31.5 Å². The van der Waals surface area contributed by atoms with Crippen molar-refractivity contribution in [2.24, 2.45) is 0 Å². The number of nitrogens with zero attached hydrogens (tertiary/aromatic N) is 2. The second kappa shape index (κ2) is 5.80. The van der Waals surface area contributed by atoms with Crippen LogP contribution >= 0.6 is 0 Å². The van der Waals surface area contributed by atoms with Crippen LogP contribution in [0.5, 0.6) is 0 Å². The van der Waals surface area contributed by atoms with Gasteiger partial charge in [0.2, 0.25) is 0 Å². The molecule has 0 radical (unpaired) electrons. The Morgan fingerprint density at radius 2 is 1.80 bits per heavy atom. The van der Waals surface area contributed by atoms with Gasteiger partial charge in [-0.3, -0.25) is 4.90 Å². The smallest absolute Gasteiger partial charge is 0.284 e. The molecule has 1 atom stereocenters. The summed E-state index contributed by atoms with van der Waals surface area (Å²) < 4.78 is 51.4. The molecule has 6 heteroatoms. The van der Waals surface area contributed by atoms with Gasteiger partial charge >= 0.3 is 6.18 Å². The third-order valence-electron chi connectivity index (χ3n) is 3.49.